The standard InChI is InChI=1S/C14H11BrINO/c1-9-5-6-12(13(15)7-9)14(18)17-11-4-2-3-10(16)8-11/h2-8H,1H3,(H,17,18). The summed E-state index contributed by atoms with van der Waals surface area (Å²) in [4.78, 5) is 12.1. The van der Waals surface area contributed by atoms with Gasteiger partial charge in [-0.3, -0.25) is 4.79 Å². The second-order valence-corrected chi connectivity index (χ2v) is 6.05. The molecule has 0 aliphatic rings. The molecule has 1 N–H and O–H groups in total. The molecule has 0 saturated heterocycles. The molecule has 0 fully saturated rings. The van der Waals surface area contributed by atoms with Crippen molar-refractivity contribution in [2.45, 2.75) is 6.92 Å². The fraction of sp³-hybridized carbons (Fsp3) is 0.0714. The van der Waals surface area contributed by atoms with Gasteiger partial charge in [-0.05, 0) is 81.3 Å². The molecule has 0 aliphatic heterocycles. The number of anilines is 1. The lowest BCUT2D eigenvalue weighted by molar-refractivity contribution is 0.102. The second-order valence-electron chi connectivity index (χ2n) is 3.95. The van der Waals surface area contributed by atoms with E-state index in [0.717, 1.165) is 19.3 Å². The number of carbonyl (C=O) groups is 1. The molecule has 0 spiro atoms. The van der Waals surface area contributed by atoms with Crippen LogP contribution >= 0.6 is 38.5 Å². The molecule has 0 saturated carbocycles. The van der Waals surface area contributed by atoms with Gasteiger partial charge in [0.05, 0.1) is 5.56 Å². The molecule has 92 valence electrons. The van der Waals surface area contributed by atoms with E-state index in [1.54, 1.807) is 0 Å². The monoisotopic (exact) mass is 415 g/mol. The van der Waals surface area contributed by atoms with Crippen LogP contribution in [0, 0.1) is 10.5 Å². The molecule has 18 heavy (non-hydrogen) atoms. The van der Waals surface area contributed by atoms with Gasteiger partial charge in [-0.1, -0.05) is 12.1 Å². The van der Waals surface area contributed by atoms with Crippen LogP contribution < -0.4 is 5.32 Å². The first-order valence-corrected chi connectivity index (χ1v) is 7.26. The average molecular weight is 416 g/mol. The van der Waals surface area contributed by atoms with E-state index < -0.39 is 0 Å². The number of halogens is 2. The number of rotatable bonds is 2. The van der Waals surface area contributed by atoms with Crippen molar-refractivity contribution in [2.75, 3.05) is 5.32 Å². The number of nitrogens with one attached hydrogen (secondary N) is 1. The van der Waals surface area contributed by atoms with Gasteiger partial charge in [-0.2, -0.15) is 0 Å². The Kier molecular flexibility index (Phi) is 4.40. The number of amides is 1. The molecule has 0 unspecified atom stereocenters. The number of hydrogen-bond donors (Lipinski definition) is 1. The molecule has 0 atom stereocenters. The van der Waals surface area contributed by atoms with Gasteiger partial charge < -0.3 is 5.32 Å². The minimum absolute atomic E-state index is 0.108. The van der Waals surface area contributed by atoms with E-state index in [1.165, 1.54) is 0 Å². The third-order valence-corrected chi connectivity index (χ3v) is 3.78. The van der Waals surface area contributed by atoms with E-state index in [-0.39, 0.29) is 5.91 Å². The van der Waals surface area contributed by atoms with Gasteiger partial charge in [-0.25, -0.2) is 0 Å². The van der Waals surface area contributed by atoms with Crippen LogP contribution in [-0.2, 0) is 0 Å². The SMILES string of the molecule is Cc1ccc(C(=O)Nc2cccc(I)c2)c(Br)c1. The highest BCUT2D eigenvalue weighted by atomic mass is 127. The first-order chi connectivity index (χ1) is 8.56. The topological polar surface area (TPSA) is 29.1 Å². The summed E-state index contributed by atoms with van der Waals surface area (Å²) in [5.74, 6) is -0.108. The Balaban J connectivity index is 2.22. The van der Waals surface area contributed by atoms with Crippen molar-refractivity contribution in [1.82, 2.24) is 0 Å². The Labute approximate surface area is 128 Å². The molecule has 0 aliphatic carbocycles. The summed E-state index contributed by atoms with van der Waals surface area (Å²) in [6.07, 6.45) is 0. The zero-order valence-electron chi connectivity index (χ0n) is 9.71. The molecule has 4 heteroatoms. The predicted octanol–water partition coefficient (Wildman–Crippen LogP) is 4.61. The van der Waals surface area contributed by atoms with Crippen molar-refractivity contribution in [2.24, 2.45) is 0 Å². The third-order valence-electron chi connectivity index (χ3n) is 2.45. The molecule has 2 aromatic carbocycles. The van der Waals surface area contributed by atoms with Gasteiger partial charge in [-0.15, -0.1) is 0 Å². The minimum atomic E-state index is -0.108. The van der Waals surface area contributed by atoms with Crippen LogP contribution in [0.3, 0.4) is 0 Å². The van der Waals surface area contributed by atoms with Crippen molar-refractivity contribution in [3.8, 4) is 0 Å². The van der Waals surface area contributed by atoms with Gasteiger partial charge >= 0.3 is 0 Å². The van der Waals surface area contributed by atoms with E-state index in [0.29, 0.717) is 5.56 Å². The summed E-state index contributed by atoms with van der Waals surface area (Å²) < 4.78 is 1.90. The summed E-state index contributed by atoms with van der Waals surface area (Å²) in [5.41, 5.74) is 2.56. The van der Waals surface area contributed by atoms with E-state index in [2.05, 4.69) is 43.8 Å². The van der Waals surface area contributed by atoms with Gasteiger partial charge in [0.25, 0.3) is 5.91 Å². The lowest BCUT2D eigenvalue weighted by Gasteiger charge is -2.07. The Hall–Kier alpha value is -0.880. The van der Waals surface area contributed by atoms with Crippen LogP contribution in [0.5, 0.6) is 0 Å². The van der Waals surface area contributed by atoms with Crippen LogP contribution in [0.15, 0.2) is 46.9 Å². The highest BCUT2D eigenvalue weighted by molar-refractivity contribution is 14.1. The predicted molar refractivity (Wildman–Crippen MR) is 86.0 cm³/mol. The summed E-state index contributed by atoms with van der Waals surface area (Å²) in [6.45, 7) is 1.99. The Morgan fingerprint density at radius 2 is 2.00 bits per heavy atom. The lowest BCUT2D eigenvalue weighted by atomic mass is 10.1. The maximum absolute atomic E-state index is 12.1. The largest absolute Gasteiger partial charge is 0.322 e. The van der Waals surface area contributed by atoms with Crippen molar-refractivity contribution >= 4 is 50.1 Å². The van der Waals surface area contributed by atoms with E-state index >= 15 is 0 Å². The maximum atomic E-state index is 12.1. The van der Waals surface area contributed by atoms with Gasteiger partial charge in [0, 0.05) is 13.7 Å². The normalized spacial score (nSPS) is 10.2. The van der Waals surface area contributed by atoms with Gasteiger partial charge in [0.15, 0.2) is 0 Å². The first-order valence-electron chi connectivity index (χ1n) is 5.39. The van der Waals surface area contributed by atoms with Crippen LogP contribution in [0.25, 0.3) is 0 Å². The maximum Gasteiger partial charge on any atom is 0.256 e. The molecule has 1 amide bonds. The molecular weight excluding hydrogens is 405 g/mol. The molecule has 0 aromatic heterocycles. The second kappa shape index (κ2) is 5.84. The zero-order chi connectivity index (χ0) is 13.1. The van der Waals surface area contributed by atoms with Crippen LogP contribution in [0.4, 0.5) is 5.69 Å². The minimum Gasteiger partial charge on any atom is -0.322 e. The Morgan fingerprint density at radius 3 is 2.67 bits per heavy atom. The molecule has 2 aromatic rings. The summed E-state index contributed by atoms with van der Waals surface area (Å²) in [5, 5.41) is 2.89. The van der Waals surface area contributed by atoms with Crippen LogP contribution in [0.1, 0.15) is 15.9 Å². The van der Waals surface area contributed by atoms with E-state index in [1.807, 2.05) is 49.4 Å². The fourth-order valence-electron chi connectivity index (χ4n) is 1.57. The van der Waals surface area contributed by atoms with E-state index in [4.69, 9.17) is 0 Å². The fourth-order valence-corrected chi connectivity index (χ4v) is 2.79. The third kappa shape index (κ3) is 3.32. The summed E-state index contributed by atoms with van der Waals surface area (Å²) in [6, 6.07) is 13.4. The van der Waals surface area contributed by atoms with Crippen LogP contribution in [0.2, 0.25) is 0 Å². The Morgan fingerprint density at radius 1 is 1.22 bits per heavy atom. The lowest BCUT2D eigenvalue weighted by Crippen LogP contribution is -2.12. The van der Waals surface area contributed by atoms with Gasteiger partial charge in [0.2, 0.25) is 0 Å². The number of benzene rings is 2. The molecule has 2 nitrogen and oxygen atoms in total. The smallest absolute Gasteiger partial charge is 0.256 e. The Bertz CT molecular complexity index is 598. The molecule has 2 rings (SSSR count). The molecule has 0 bridgehead atoms. The highest BCUT2D eigenvalue weighted by Crippen LogP contribution is 2.20. The highest BCUT2D eigenvalue weighted by Gasteiger charge is 2.10. The number of carbonyl (C=O) groups excluding carboxylic acids is 1. The zero-order valence-corrected chi connectivity index (χ0v) is 13.4. The number of aryl methyl sites for hydroxylation is 1. The van der Waals surface area contributed by atoms with Crippen LogP contribution in [-0.4, -0.2) is 5.91 Å². The first kappa shape index (κ1) is 13.5. The molecular formula is C14H11BrINO. The van der Waals surface area contributed by atoms with E-state index in [9.17, 15) is 4.79 Å². The quantitative estimate of drug-likeness (QED) is 0.712. The average Bonchev–Trinajstić information content (AvgIpc) is 2.28. The van der Waals surface area contributed by atoms with Crippen molar-refractivity contribution in [3.05, 3.63) is 61.6 Å². The van der Waals surface area contributed by atoms with Gasteiger partial charge in [0.1, 0.15) is 0 Å². The van der Waals surface area contributed by atoms with Crippen molar-refractivity contribution < 1.29 is 4.79 Å². The molecule has 0 radical (unpaired) electrons. The van der Waals surface area contributed by atoms with Crippen molar-refractivity contribution in [3.63, 3.8) is 0 Å². The summed E-state index contributed by atoms with van der Waals surface area (Å²) >= 11 is 5.63. The number of hydrogen-bond acceptors (Lipinski definition) is 1. The van der Waals surface area contributed by atoms with Crippen molar-refractivity contribution in [1.29, 1.82) is 0 Å². The molecule has 0 heterocycles. The summed E-state index contributed by atoms with van der Waals surface area (Å²) in [7, 11) is 0.